The van der Waals surface area contributed by atoms with Gasteiger partial charge < -0.3 is 14.7 Å². The van der Waals surface area contributed by atoms with Crippen LogP contribution in [0.2, 0.25) is 0 Å². The largest absolute Gasteiger partial charge is 0.497 e. The predicted molar refractivity (Wildman–Crippen MR) is 61.1 cm³/mol. The molecule has 4 nitrogen and oxygen atoms in total. The van der Waals surface area contributed by atoms with Crippen molar-refractivity contribution in [3.05, 3.63) is 23.8 Å². The highest BCUT2D eigenvalue weighted by Crippen LogP contribution is 2.34. The maximum atomic E-state index is 10.7. The van der Waals surface area contributed by atoms with E-state index in [0.29, 0.717) is 0 Å². The zero-order valence-electron chi connectivity index (χ0n) is 9.43. The van der Waals surface area contributed by atoms with Gasteiger partial charge in [-0.25, -0.2) is 0 Å². The molecule has 1 N–H and O–H groups in total. The number of ether oxygens (including phenoxy) is 1. The Morgan fingerprint density at radius 3 is 3.00 bits per heavy atom. The van der Waals surface area contributed by atoms with E-state index in [0.717, 1.165) is 17.9 Å². The third-order valence-corrected chi connectivity index (χ3v) is 3.09. The minimum Gasteiger partial charge on any atom is -0.497 e. The van der Waals surface area contributed by atoms with E-state index >= 15 is 0 Å². The molecule has 1 aromatic carbocycles. The van der Waals surface area contributed by atoms with E-state index in [1.165, 1.54) is 5.56 Å². The van der Waals surface area contributed by atoms with E-state index in [1.807, 2.05) is 30.1 Å². The molecule has 1 aliphatic rings. The summed E-state index contributed by atoms with van der Waals surface area (Å²) in [6.07, 6.45) is 0.968. The van der Waals surface area contributed by atoms with Crippen LogP contribution in [0.1, 0.15) is 12.0 Å². The van der Waals surface area contributed by atoms with Crippen molar-refractivity contribution in [2.75, 3.05) is 19.1 Å². The van der Waals surface area contributed by atoms with Gasteiger partial charge in [-0.15, -0.1) is 0 Å². The fourth-order valence-corrected chi connectivity index (χ4v) is 2.17. The quantitative estimate of drug-likeness (QED) is 0.841. The van der Waals surface area contributed by atoms with Crippen molar-refractivity contribution in [2.24, 2.45) is 0 Å². The second-order valence-corrected chi connectivity index (χ2v) is 4.06. The SMILES string of the molecule is COc1ccc2c(c1)N(C)C(CC(=O)O)C2. The third-order valence-electron chi connectivity index (χ3n) is 3.09. The highest BCUT2D eigenvalue weighted by atomic mass is 16.5. The number of anilines is 1. The number of nitrogens with zero attached hydrogens (tertiary/aromatic N) is 1. The fourth-order valence-electron chi connectivity index (χ4n) is 2.17. The normalized spacial score (nSPS) is 18.4. The number of fused-ring (bicyclic) bond motifs is 1. The van der Waals surface area contributed by atoms with Crippen molar-refractivity contribution >= 4 is 11.7 Å². The molecule has 0 spiro atoms. The van der Waals surface area contributed by atoms with Crippen molar-refractivity contribution in [3.63, 3.8) is 0 Å². The van der Waals surface area contributed by atoms with Gasteiger partial charge in [-0.2, -0.15) is 0 Å². The molecule has 4 heteroatoms. The molecular formula is C12H15NO3. The van der Waals surface area contributed by atoms with Gasteiger partial charge in [-0.05, 0) is 18.1 Å². The molecule has 1 heterocycles. The number of benzene rings is 1. The topological polar surface area (TPSA) is 49.8 Å². The number of aliphatic carboxylic acids is 1. The van der Waals surface area contributed by atoms with Crippen LogP contribution in [0.15, 0.2) is 18.2 Å². The van der Waals surface area contributed by atoms with E-state index in [9.17, 15) is 4.79 Å². The van der Waals surface area contributed by atoms with Gasteiger partial charge in [0.2, 0.25) is 0 Å². The van der Waals surface area contributed by atoms with Gasteiger partial charge in [-0.3, -0.25) is 4.79 Å². The summed E-state index contributed by atoms with van der Waals surface area (Å²) in [5, 5.41) is 8.82. The first-order valence-corrected chi connectivity index (χ1v) is 5.23. The lowest BCUT2D eigenvalue weighted by Gasteiger charge is -2.21. The summed E-state index contributed by atoms with van der Waals surface area (Å²) in [5.41, 5.74) is 2.26. The highest BCUT2D eigenvalue weighted by Gasteiger charge is 2.28. The Bertz CT molecular complexity index is 417. The maximum Gasteiger partial charge on any atom is 0.305 e. The standard InChI is InChI=1S/C12H15NO3/c1-13-9(6-12(14)15)5-8-3-4-10(16-2)7-11(8)13/h3-4,7,9H,5-6H2,1-2H3,(H,14,15). The number of carboxylic acids is 1. The van der Waals surface area contributed by atoms with Crippen LogP contribution in [0.4, 0.5) is 5.69 Å². The van der Waals surface area contributed by atoms with Crippen LogP contribution in [0, 0.1) is 0 Å². The van der Waals surface area contributed by atoms with Crippen LogP contribution < -0.4 is 9.64 Å². The van der Waals surface area contributed by atoms with E-state index in [1.54, 1.807) is 7.11 Å². The van der Waals surface area contributed by atoms with Crippen LogP contribution in [-0.4, -0.2) is 31.3 Å². The van der Waals surface area contributed by atoms with Crippen LogP contribution in [0.5, 0.6) is 5.75 Å². The zero-order valence-corrected chi connectivity index (χ0v) is 9.43. The Hall–Kier alpha value is -1.71. The predicted octanol–water partition coefficient (Wildman–Crippen LogP) is 1.53. The van der Waals surface area contributed by atoms with E-state index in [2.05, 4.69) is 0 Å². The van der Waals surface area contributed by atoms with Crippen molar-refractivity contribution in [3.8, 4) is 5.75 Å². The molecule has 1 unspecified atom stereocenters. The summed E-state index contributed by atoms with van der Waals surface area (Å²) in [6, 6.07) is 5.93. The Morgan fingerprint density at radius 1 is 1.62 bits per heavy atom. The van der Waals surface area contributed by atoms with E-state index < -0.39 is 5.97 Å². The molecule has 1 aliphatic heterocycles. The van der Waals surface area contributed by atoms with Gasteiger partial charge in [-0.1, -0.05) is 6.07 Å². The number of rotatable bonds is 3. The van der Waals surface area contributed by atoms with Gasteiger partial charge in [0.25, 0.3) is 0 Å². The minimum absolute atomic E-state index is 0.0552. The monoisotopic (exact) mass is 221 g/mol. The van der Waals surface area contributed by atoms with Gasteiger partial charge in [0, 0.05) is 24.8 Å². The molecule has 0 radical (unpaired) electrons. The van der Waals surface area contributed by atoms with Gasteiger partial charge in [0.05, 0.1) is 13.5 Å². The number of methoxy groups -OCH3 is 1. The Balaban J connectivity index is 2.24. The summed E-state index contributed by atoms with van der Waals surface area (Å²) in [7, 11) is 3.56. The second kappa shape index (κ2) is 4.04. The third kappa shape index (κ3) is 1.83. The highest BCUT2D eigenvalue weighted by molar-refractivity contribution is 5.71. The average Bonchev–Trinajstić information content (AvgIpc) is 2.55. The summed E-state index contributed by atoms with van der Waals surface area (Å²) in [6.45, 7) is 0. The maximum absolute atomic E-state index is 10.7. The fraction of sp³-hybridized carbons (Fsp3) is 0.417. The Labute approximate surface area is 94.4 Å². The van der Waals surface area contributed by atoms with Crippen LogP contribution in [0.3, 0.4) is 0 Å². The zero-order chi connectivity index (χ0) is 11.7. The lowest BCUT2D eigenvalue weighted by Crippen LogP contribution is -2.30. The molecule has 1 atom stereocenters. The minimum atomic E-state index is -0.753. The average molecular weight is 221 g/mol. The molecule has 86 valence electrons. The molecule has 2 rings (SSSR count). The summed E-state index contributed by atoms with van der Waals surface area (Å²) < 4.78 is 5.16. The Kier molecular flexibility index (Phi) is 2.73. The van der Waals surface area contributed by atoms with E-state index in [-0.39, 0.29) is 12.5 Å². The molecule has 0 aliphatic carbocycles. The smallest absolute Gasteiger partial charge is 0.305 e. The van der Waals surface area contributed by atoms with Gasteiger partial charge >= 0.3 is 5.97 Å². The summed E-state index contributed by atoms with van der Waals surface area (Å²) in [4.78, 5) is 12.7. The number of carbonyl (C=O) groups is 1. The van der Waals surface area contributed by atoms with Crippen molar-refractivity contribution in [1.82, 2.24) is 0 Å². The van der Waals surface area contributed by atoms with E-state index in [4.69, 9.17) is 9.84 Å². The lowest BCUT2D eigenvalue weighted by atomic mass is 10.1. The molecule has 0 bridgehead atoms. The van der Waals surface area contributed by atoms with Gasteiger partial charge in [0.15, 0.2) is 0 Å². The summed E-state index contributed by atoms with van der Waals surface area (Å²) in [5.74, 6) is 0.0539. The number of hydrogen-bond acceptors (Lipinski definition) is 3. The molecule has 16 heavy (non-hydrogen) atoms. The first kappa shape index (κ1) is 10.8. The number of carboxylic acid groups (broad SMARTS) is 1. The Morgan fingerprint density at radius 2 is 2.38 bits per heavy atom. The number of hydrogen-bond donors (Lipinski definition) is 1. The summed E-state index contributed by atoms with van der Waals surface area (Å²) >= 11 is 0. The first-order chi connectivity index (χ1) is 7.61. The van der Waals surface area contributed by atoms with Crippen LogP contribution in [-0.2, 0) is 11.2 Å². The first-order valence-electron chi connectivity index (χ1n) is 5.23. The molecule has 0 saturated heterocycles. The molecule has 1 aromatic rings. The molecular weight excluding hydrogens is 206 g/mol. The molecule has 0 fully saturated rings. The molecule has 0 aromatic heterocycles. The van der Waals surface area contributed by atoms with Crippen molar-refractivity contribution in [2.45, 2.75) is 18.9 Å². The second-order valence-electron chi connectivity index (χ2n) is 4.06. The number of likely N-dealkylation sites (N-methyl/N-ethyl adjacent to an activating group) is 1. The molecule has 0 amide bonds. The van der Waals surface area contributed by atoms with Crippen LogP contribution >= 0.6 is 0 Å². The van der Waals surface area contributed by atoms with Crippen LogP contribution in [0.25, 0.3) is 0 Å². The van der Waals surface area contributed by atoms with Gasteiger partial charge in [0.1, 0.15) is 5.75 Å². The lowest BCUT2D eigenvalue weighted by molar-refractivity contribution is -0.137. The van der Waals surface area contributed by atoms with Crippen molar-refractivity contribution < 1.29 is 14.6 Å². The van der Waals surface area contributed by atoms with Crippen molar-refractivity contribution in [1.29, 1.82) is 0 Å². The molecule has 0 saturated carbocycles.